The van der Waals surface area contributed by atoms with Crippen molar-refractivity contribution in [3.8, 4) is 0 Å². The summed E-state index contributed by atoms with van der Waals surface area (Å²) in [5.41, 5.74) is -0.106. The van der Waals surface area contributed by atoms with Gasteiger partial charge in [-0.1, -0.05) is 0 Å². The zero-order chi connectivity index (χ0) is 8.85. The van der Waals surface area contributed by atoms with Crippen molar-refractivity contribution in [3.05, 3.63) is 11.9 Å². The van der Waals surface area contributed by atoms with Gasteiger partial charge in [0.1, 0.15) is 6.61 Å². The van der Waals surface area contributed by atoms with Gasteiger partial charge in [-0.3, -0.25) is 0 Å². The molecule has 11 heavy (non-hydrogen) atoms. The van der Waals surface area contributed by atoms with Crippen molar-refractivity contribution in [2.75, 3.05) is 6.61 Å². The predicted molar refractivity (Wildman–Crippen MR) is 37.5 cm³/mol. The standard InChI is InChI=1S/C7H11FO3/c1-5(3-8)7(10)11-4-6(2)9/h3,6,9H,4H2,1-2H3. The van der Waals surface area contributed by atoms with Crippen LogP contribution in [0.2, 0.25) is 0 Å². The molecule has 0 aliphatic rings. The van der Waals surface area contributed by atoms with Gasteiger partial charge >= 0.3 is 5.97 Å². The van der Waals surface area contributed by atoms with Crippen molar-refractivity contribution in [2.24, 2.45) is 0 Å². The second kappa shape index (κ2) is 4.85. The molecular formula is C7H11FO3. The molecule has 0 aliphatic heterocycles. The van der Waals surface area contributed by atoms with Crippen molar-refractivity contribution in [1.29, 1.82) is 0 Å². The fourth-order valence-electron chi connectivity index (χ4n) is 0.355. The summed E-state index contributed by atoms with van der Waals surface area (Å²) in [5.74, 6) is -0.742. The third-order valence-electron chi connectivity index (χ3n) is 0.941. The summed E-state index contributed by atoms with van der Waals surface area (Å²) < 4.78 is 16.1. The first-order valence-corrected chi connectivity index (χ1v) is 3.20. The highest BCUT2D eigenvalue weighted by Gasteiger charge is 2.06. The smallest absolute Gasteiger partial charge is 0.336 e. The summed E-state index contributed by atoms with van der Waals surface area (Å²) in [4.78, 5) is 10.6. The van der Waals surface area contributed by atoms with Gasteiger partial charge in [-0.05, 0) is 13.8 Å². The summed E-state index contributed by atoms with van der Waals surface area (Å²) in [5, 5.41) is 8.67. The molecule has 0 rings (SSSR count). The molecule has 0 aromatic carbocycles. The van der Waals surface area contributed by atoms with E-state index in [2.05, 4.69) is 4.74 Å². The molecule has 0 heterocycles. The van der Waals surface area contributed by atoms with Gasteiger partial charge in [0.2, 0.25) is 0 Å². The number of carbonyl (C=O) groups excluding carboxylic acids is 1. The molecule has 1 N–H and O–H groups in total. The molecule has 1 unspecified atom stereocenters. The van der Waals surface area contributed by atoms with Crippen LogP contribution >= 0.6 is 0 Å². The largest absolute Gasteiger partial charge is 0.460 e. The predicted octanol–water partition coefficient (Wildman–Crippen LogP) is 0.784. The third kappa shape index (κ3) is 4.50. The van der Waals surface area contributed by atoms with Gasteiger partial charge in [-0.2, -0.15) is 0 Å². The van der Waals surface area contributed by atoms with E-state index in [9.17, 15) is 9.18 Å². The maximum atomic E-state index is 11.6. The topological polar surface area (TPSA) is 46.5 Å². The highest BCUT2D eigenvalue weighted by Crippen LogP contribution is 1.97. The Bertz CT molecular complexity index is 163. The van der Waals surface area contributed by atoms with Gasteiger partial charge in [0.15, 0.2) is 0 Å². The number of halogens is 1. The van der Waals surface area contributed by atoms with Gasteiger partial charge in [0.25, 0.3) is 0 Å². The van der Waals surface area contributed by atoms with E-state index in [0.717, 1.165) is 0 Å². The number of aliphatic hydroxyl groups is 1. The number of carbonyl (C=O) groups is 1. The number of hydrogen-bond donors (Lipinski definition) is 1. The van der Waals surface area contributed by atoms with Crippen LogP contribution in [0.1, 0.15) is 13.8 Å². The van der Waals surface area contributed by atoms with Crippen LogP contribution in [0.25, 0.3) is 0 Å². The second-order valence-electron chi connectivity index (χ2n) is 2.24. The first kappa shape index (κ1) is 10.1. The summed E-state index contributed by atoms with van der Waals surface area (Å²) in [6.45, 7) is 2.66. The summed E-state index contributed by atoms with van der Waals surface area (Å²) in [6.07, 6.45) is -0.545. The Balaban J connectivity index is 3.71. The molecule has 1 atom stereocenters. The van der Waals surface area contributed by atoms with Crippen LogP contribution in [0.15, 0.2) is 11.9 Å². The molecule has 0 bridgehead atoms. The van der Waals surface area contributed by atoms with E-state index >= 15 is 0 Å². The molecule has 0 spiro atoms. The molecule has 0 fully saturated rings. The normalized spacial score (nSPS) is 14.4. The number of aliphatic hydroxyl groups excluding tert-OH is 1. The first-order chi connectivity index (χ1) is 5.07. The average Bonchev–Trinajstić information content (AvgIpc) is 1.98. The zero-order valence-corrected chi connectivity index (χ0v) is 6.50. The maximum Gasteiger partial charge on any atom is 0.336 e. The lowest BCUT2D eigenvalue weighted by Gasteiger charge is -2.05. The minimum Gasteiger partial charge on any atom is -0.460 e. The van der Waals surface area contributed by atoms with Gasteiger partial charge in [-0.15, -0.1) is 0 Å². The van der Waals surface area contributed by atoms with E-state index in [0.29, 0.717) is 0 Å². The van der Waals surface area contributed by atoms with Crippen molar-refractivity contribution in [1.82, 2.24) is 0 Å². The lowest BCUT2D eigenvalue weighted by atomic mass is 10.3. The molecule has 3 nitrogen and oxygen atoms in total. The average molecular weight is 162 g/mol. The summed E-state index contributed by atoms with van der Waals surface area (Å²) >= 11 is 0. The van der Waals surface area contributed by atoms with Crippen molar-refractivity contribution < 1.29 is 19.0 Å². The van der Waals surface area contributed by atoms with E-state index in [1.165, 1.54) is 13.8 Å². The van der Waals surface area contributed by atoms with Crippen molar-refractivity contribution in [2.45, 2.75) is 20.0 Å². The van der Waals surface area contributed by atoms with Gasteiger partial charge < -0.3 is 9.84 Å². The van der Waals surface area contributed by atoms with Gasteiger partial charge in [0.05, 0.1) is 18.0 Å². The number of rotatable bonds is 3. The van der Waals surface area contributed by atoms with E-state index in [1.54, 1.807) is 0 Å². The van der Waals surface area contributed by atoms with Crippen molar-refractivity contribution >= 4 is 5.97 Å². The molecule has 64 valence electrons. The molecule has 0 radical (unpaired) electrons. The molecule has 0 aromatic rings. The minimum atomic E-state index is -0.742. The minimum absolute atomic E-state index is 0.106. The Hall–Kier alpha value is -0.900. The molecule has 4 heteroatoms. The fourth-order valence-corrected chi connectivity index (χ4v) is 0.355. The highest BCUT2D eigenvalue weighted by molar-refractivity contribution is 5.87. The molecule has 0 saturated heterocycles. The first-order valence-electron chi connectivity index (χ1n) is 3.20. The molecule has 0 aliphatic carbocycles. The number of esters is 1. The van der Waals surface area contributed by atoms with Gasteiger partial charge in [-0.25, -0.2) is 9.18 Å². The highest BCUT2D eigenvalue weighted by atomic mass is 19.1. The van der Waals surface area contributed by atoms with E-state index < -0.39 is 12.1 Å². The van der Waals surface area contributed by atoms with Crippen LogP contribution in [0.5, 0.6) is 0 Å². The Labute approximate surface area is 64.5 Å². The van der Waals surface area contributed by atoms with Crippen LogP contribution in [-0.2, 0) is 9.53 Å². The maximum absolute atomic E-state index is 11.6. The number of ether oxygens (including phenoxy) is 1. The summed E-state index contributed by atoms with van der Waals surface area (Å²) in [7, 11) is 0. The van der Waals surface area contributed by atoms with Crippen LogP contribution in [-0.4, -0.2) is 23.8 Å². The Morgan fingerprint density at radius 3 is 2.73 bits per heavy atom. The Morgan fingerprint density at radius 2 is 2.36 bits per heavy atom. The van der Waals surface area contributed by atoms with Crippen LogP contribution < -0.4 is 0 Å². The number of hydrogen-bond acceptors (Lipinski definition) is 3. The monoisotopic (exact) mass is 162 g/mol. The van der Waals surface area contributed by atoms with E-state index in [-0.39, 0.29) is 18.5 Å². The lowest BCUT2D eigenvalue weighted by molar-refractivity contribution is -0.141. The second-order valence-corrected chi connectivity index (χ2v) is 2.24. The Morgan fingerprint density at radius 1 is 1.82 bits per heavy atom. The fraction of sp³-hybridized carbons (Fsp3) is 0.571. The molecule has 0 amide bonds. The van der Waals surface area contributed by atoms with Crippen molar-refractivity contribution in [3.63, 3.8) is 0 Å². The molecular weight excluding hydrogens is 151 g/mol. The molecule has 0 aromatic heterocycles. The van der Waals surface area contributed by atoms with Crippen LogP contribution in [0.3, 0.4) is 0 Å². The SMILES string of the molecule is CC(=CF)C(=O)OCC(C)O. The van der Waals surface area contributed by atoms with E-state index in [1.807, 2.05) is 0 Å². The van der Waals surface area contributed by atoms with Crippen LogP contribution in [0.4, 0.5) is 4.39 Å². The quantitative estimate of drug-likeness (QED) is 0.492. The summed E-state index contributed by atoms with van der Waals surface area (Å²) in [6, 6.07) is 0. The Kier molecular flexibility index (Phi) is 4.45. The third-order valence-corrected chi connectivity index (χ3v) is 0.941. The van der Waals surface area contributed by atoms with E-state index in [4.69, 9.17) is 5.11 Å². The molecule has 0 saturated carbocycles. The van der Waals surface area contributed by atoms with Crippen LogP contribution in [0, 0.1) is 0 Å². The zero-order valence-electron chi connectivity index (χ0n) is 6.50. The van der Waals surface area contributed by atoms with Gasteiger partial charge in [0, 0.05) is 0 Å². The lowest BCUT2D eigenvalue weighted by Crippen LogP contribution is -2.15.